The first-order chi connectivity index (χ1) is 2.91. The van der Waals surface area contributed by atoms with Crippen molar-refractivity contribution in [3.05, 3.63) is 0 Å². The molecule has 0 aliphatic carbocycles. The van der Waals surface area contributed by atoms with E-state index in [0.717, 1.165) is 0 Å². The molecule has 0 aliphatic rings. The maximum Gasteiger partial charge on any atom is 0.0551 e. The third-order valence-corrected chi connectivity index (χ3v) is 0.464. The molecular formula is C4H7NS. The lowest BCUT2D eigenvalue weighted by Crippen LogP contribution is -1.92. The molecule has 1 nitrogen and oxygen atoms in total. The Bertz CT molecular complexity index is 61.4. The van der Waals surface area contributed by atoms with Crippen LogP contribution in [0.15, 0.2) is 0 Å². The van der Waals surface area contributed by atoms with Gasteiger partial charge in [0, 0.05) is 0 Å². The number of nitrogens with two attached hydrogens (primary N) is 1. The molecular weight excluding hydrogens is 94.1 g/mol. The molecule has 0 aromatic rings. The van der Waals surface area contributed by atoms with Crippen molar-refractivity contribution in [1.82, 2.24) is 0 Å². The van der Waals surface area contributed by atoms with Crippen molar-refractivity contribution in [2.75, 3.05) is 12.3 Å². The number of hydrogen-bond donors (Lipinski definition) is 2. The zero-order chi connectivity index (χ0) is 4.83. The van der Waals surface area contributed by atoms with Crippen LogP contribution < -0.4 is 5.73 Å². The molecule has 0 heterocycles. The predicted octanol–water partition coefficient (Wildman–Crippen LogP) is -0.122. The summed E-state index contributed by atoms with van der Waals surface area (Å²) in [5.74, 6) is 5.94. The summed E-state index contributed by atoms with van der Waals surface area (Å²) in [5.41, 5.74) is 5.01. The fourth-order valence-corrected chi connectivity index (χ4v) is 0.240. The summed E-state index contributed by atoms with van der Waals surface area (Å²) in [6.07, 6.45) is 0. The Morgan fingerprint density at radius 2 is 2.17 bits per heavy atom. The summed E-state index contributed by atoms with van der Waals surface area (Å²) in [7, 11) is 0. The normalized spacial score (nSPS) is 6.33. The van der Waals surface area contributed by atoms with E-state index < -0.39 is 0 Å². The maximum absolute atomic E-state index is 5.01. The molecule has 0 amide bonds. The molecule has 0 unspecified atom stereocenters. The molecule has 0 aromatic carbocycles. The van der Waals surface area contributed by atoms with Gasteiger partial charge in [-0.3, -0.25) is 0 Å². The Balaban J connectivity index is 2.90. The van der Waals surface area contributed by atoms with E-state index in [2.05, 4.69) is 24.5 Å². The Kier molecular flexibility index (Phi) is 4.76. The zero-order valence-electron chi connectivity index (χ0n) is 3.44. The molecule has 0 bridgehead atoms. The summed E-state index contributed by atoms with van der Waals surface area (Å²) < 4.78 is 0. The average Bonchev–Trinajstić information content (AvgIpc) is 1.61. The molecule has 0 saturated carbocycles. The monoisotopic (exact) mass is 101 g/mol. The standard InChI is InChI=1S/C4H7NS/c5-3-1-2-4-6/h6H,3-5H2. The molecule has 6 heavy (non-hydrogen) atoms. The highest BCUT2D eigenvalue weighted by molar-refractivity contribution is 7.80. The van der Waals surface area contributed by atoms with E-state index in [0.29, 0.717) is 12.3 Å². The number of thiol groups is 1. The molecule has 0 atom stereocenters. The van der Waals surface area contributed by atoms with Crippen molar-refractivity contribution < 1.29 is 0 Å². The SMILES string of the molecule is NCC#CCS. The topological polar surface area (TPSA) is 26.0 Å². The molecule has 0 aromatic heterocycles. The Morgan fingerprint density at radius 3 is 2.33 bits per heavy atom. The van der Waals surface area contributed by atoms with Crippen molar-refractivity contribution in [2.24, 2.45) is 5.73 Å². The highest BCUT2D eigenvalue weighted by Gasteiger charge is 1.56. The summed E-state index contributed by atoms with van der Waals surface area (Å²) in [4.78, 5) is 0. The quantitative estimate of drug-likeness (QED) is 0.323. The Morgan fingerprint density at radius 1 is 1.50 bits per heavy atom. The molecule has 0 rings (SSSR count). The Hall–Kier alpha value is -0.130. The van der Waals surface area contributed by atoms with Crippen LogP contribution in [0.1, 0.15) is 0 Å². The maximum atomic E-state index is 5.01. The molecule has 0 aliphatic heterocycles. The summed E-state index contributed by atoms with van der Waals surface area (Å²) >= 11 is 3.83. The first-order valence-electron chi connectivity index (χ1n) is 1.68. The van der Waals surface area contributed by atoms with Crippen LogP contribution >= 0.6 is 12.6 Å². The van der Waals surface area contributed by atoms with Gasteiger partial charge in [-0.05, 0) is 0 Å². The van der Waals surface area contributed by atoms with Crippen molar-refractivity contribution in [3.8, 4) is 11.8 Å². The van der Waals surface area contributed by atoms with Crippen LogP contribution in [0.2, 0.25) is 0 Å². The second kappa shape index (κ2) is 4.87. The number of rotatable bonds is 0. The fourth-order valence-electron chi connectivity index (χ4n) is 0.128. The smallest absolute Gasteiger partial charge is 0.0551 e. The van der Waals surface area contributed by atoms with Gasteiger partial charge in [0.25, 0.3) is 0 Å². The van der Waals surface area contributed by atoms with Gasteiger partial charge in [0.15, 0.2) is 0 Å². The van der Waals surface area contributed by atoms with Gasteiger partial charge in [-0.25, -0.2) is 0 Å². The third kappa shape index (κ3) is 3.87. The first-order valence-corrected chi connectivity index (χ1v) is 2.31. The van der Waals surface area contributed by atoms with E-state index in [1.807, 2.05) is 0 Å². The van der Waals surface area contributed by atoms with Gasteiger partial charge in [0.1, 0.15) is 0 Å². The van der Waals surface area contributed by atoms with Gasteiger partial charge >= 0.3 is 0 Å². The van der Waals surface area contributed by atoms with Crippen LogP contribution in [0.3, 0.4) is 0 Å². The molecule has 0 fully saturated rings. The summed E-state index contributed by atoms with van der Waals surface area (Å²) in [5, 5.41) is 0. The lowest BCUT2D eigenvalue weighted by atomic mass is 10.6. The predicted molar refractivity (Wildman–Crippen MR) is 30.7 cm³/mol. The van der Waals surface area contributed by atoms with Crippen LogP contribution in [0.5, 0.6) is 0 Å². The van der Waals surface area contributed by atoms with Crippen LogP contribution in [0.4, 0.5) is 0 Å². The minimum absolute atomic E-state index is 0.445. The molecule has 0 saturated heterocycles. The van der Waals surface area contributed by atoms with Crippen molar-refractivity contribution in [1.29, 1.82) is 0 Å². The zero-order valence-corrected chi connectivity index (χ0v) is 4.33. The van der Waals surface area contributed by atoms with E-state index >= 15 is 0 Å². The van der Waals surface area contributed by atoms with Gasteiger partial charge < -0.3 is 5.73 Å². The van der Waals surface area contributed by atoms with Crippen molar-refractivity contribution >= 4 is 12.6 Å². The van der Waals surface area contributed by atoms with E-state index in [4.69, 9.17) is 5.73 Å². The van der Waals surface area contributed by atoms with Gasteiger partial charge in [-0.1, -0.05) is 11.8 Å². The number of hydrogen-bond acceptors (Lipinski definition) is 2. The van der Waals surface area contributed by atoms with Crippen molar-refractivity contribution in [2.45, 2.75) is 0 Å². The van der Waals surface area contributed by atoms with Crippen LogP contribution in [0, 0.1) is 11.8 Å². The lowest BCUT2D eigenvalue weighted by Gasteiger charge is -1.66. The second-order valence-electron chi connectivity index (χ2n) is 0.716. The second-order valence-corrected chi connectivity index (χ2v) is 1.03. The van der Waals surface area contributed by atoms with Gasteiger partial charge in [0.05, 0.1) is 12.3 Å². The Labute approximate surface area is 43.3 Å². The first kappa shape index (κ1) is 5.87. The minimum atomic E-state index is 0.445. The van der Waals surface area contributed by atoms with Crippen LogP contribution in [-0.4, -0.2) is 12.3 Å². The van der Waals surface area contributed by atoms with E-state index in [-0.39, 0.29) is 0 Å². The largest absolute Gasteiger partial charge is 0.320 e. The highest BCUT2D eigenvalue weighted by Crippen LogP contribution is 1.62. The minimum Gasteiger partial charge on any atom is -0.320 e. The molecule has 0 spiro atoms. The fraction of sp³-hybridized carbons (Fsp3) is 0.500. The van der Waals surface area contributed by atoms with E-state index in [1.165, 1.54) is 0 Å². The van der Waals surface area contributed by atoms with Crippen LogP contribution in [0.25, 0.3) is 0 Å². The molecule has 2 N–H and O–H groups in total. The highest BCUT2D eigenvalue weighted by atomic mass is 32.1. The molecule has 0 radical (unpaired) electrons. The summed E-state index contributed by atoms with van der Waals surface area (Å²) in [6, 6.07) is 0. The summed E-state index contributed by atoms with van der Waals surface area (Å²) in [6.45, 7) is 0.445. The van der Waals surface area contributed by atoms with Gasteiger partial charge in [-0.15, -0.1) is 0 Å². The molecule has 2 heteroatoms. The van der Waals surface area contributed by atoms with E-state index in [1.54, 1.807) is 0 Å². The van der Waals surface area contributed by atoms with Crippen LogP contribution in [-0.2, 0) is 0 Å². The van der Waals surface area contributed by atoms with Crippen molar-refractivity contribution in [3.63, 3.8) is 0 Å². The molecule has 34 valence electrons. The van der Waals surface area contributed by atoms with Gasteiger partial charge in [0.2, 0.25) is 0 Å². The van der Waals surface area contributed by atoms with Gasteiger partial charge in [-0.2, -0.15) is 12.6 Å². The van der Waals surface area contributed by atoms with E-state index in [9.17, 15) is 0 Å². The average molecular weight is 101 g/mol. The third-order valence-electron chi connectivity index (χ3n) is 0.306. The lowest BCUT2D eigenvalue weighted by molar-refractivity contribution is 1.30.